The highest BCUT2D eigenvalue weighted by molar-refractivity contribution is 7.33. The van der Waals surface area contributed by atoms with Crippen molar-refractivity contribution in [2.24, 2.45) is 0 Å². The fourth-order valence-electron chi connectivity index (χ4n) is 10.5. The summed E-state index contributed by atoms with van der Waals surface area (Å²) in [6, 6.07) is 45.1. The Kier molecular flexibility index (Phi) is 8.62. The van der Waals surface area contributed by atoms with Gasteiger partial charge in [-0.1, -0.05) is 136 Å². The Morgan fingerprint density at radius 2 is 1.17 bits per heavy atom. The Morgan fingerprint density at radius 1 is 0.567 bits per heavy atom. The molecule has 0 bridgehead atoms. The third-order valence-corrected chi connectivity index (χ3v) is 15.3. The maximum absolute atomic E-state index is 2.68. The van der Waals surface area contributed by atoms with E-state index in [0.717, 1.165) is 0 Å². The van der Waals surface area contributed by atoms with E-state index in [9.17, 15) is 0 Å². The second-order valence-electron chi connectivity index (χ2n) is 21.5. The summed E-state index contributed by atoms with van der Waals surface area (Å²) in [5, 5.41) is 1.35. The van der Waals surface area contributed by atoms with Crippen molar-refractivity contribution in [1.29, 1.82) is 0 Å². The Balaban J connectivity index is 1.35. The van der Waals surface area contributed by atoms with Gasteiger partial charge in [0.25, 0.3) is 6.71 Å². The van der Waals surface area contributed by atoms with Crippen LogP contribution in [0, 0.1) is 13.8 Å². The van der Waals surface area contributed by atoms with E-state index >= 15 is 0 Å². The van der Waals surface area contributed by atoms with Crippen LogP contribution in [0.25, 0.3) is 21.2 Å². The third-order valence-electron chi connectivity index (χ3n) is 14.1. The molecule has 302 valence electrons. The highest BCUT2D eigenvalue weighted by atomic mass is 32.1. The van der Waals surface area contributed by atoms with E-state index < -0.39 is 0 Å². The van der Waals surface area contributed by atoms with Crippen LogP contribution in [0.4, 0.5) is 34.1 Å². The molecule has 0 fully saturated rings. The highest BCUT2D eigenvalue weighted by Crippen LogP contribution is 2.53. The maximum Gasteiger partial charge on any atom is 0.264 e. The number of rotatable bonds is 3. The van der Waals surface area contributed by atoms with Crippen molar-refractivity contribution in [2.75, 3.05) is 9.80 Å². The van der Waals surface area contributed by atoms with Gasteiger partial charge in [-0.25, -0.2) is 0 Å². The maximum atomic E-state index is 2.68. The van der Waals surface area contributed by atoms with Gasteiger partial charge in [-0.3, -0.25) is 0 Å². The van der Waals surface area contributed by atoms with Gasteiger partial charge in [0.15, 0.2) is 0 Å². The van der Waals surface area contributed by atoms with Crippen LogP contribution in [0.5, 0.6) is 0 Å². The molecule has 2 nitrogen and oxygen atoms in total. The van der Waals surface area contributed by atoms with Crippen LogP contribution in [0.1, 0.15) is 115 Å². The first-order valence-corrected chi connectivity index (χ1v) is 22.9. The fourth-order valence-corrected chi connectivity index (χ4v) is 11.8. The minimum absolute atomic E-state index is 0.0145. The van der Waals surface area contributed by atoms with Crippen molar-refractivity contribution in [1.82, 2.24) is 0 Å². The Morgan fingerprint density at radius 3 is 1.82 bits per heavy atom. The van der Waals surface area contributed by atoms with Gasteiger partial charge in [0.2, 0.25) is 0 Å². The highest BCUT2D eigenvalue weighted by Gasteiger charge is 2.48. The predicted octanol–water partition coefficient (Wildman–Crippen LogP) is 14.2. The van der Waals surface area contributed by atoms with Crippen LogP contribution in [0.15, 0.2) is 115 Å². The molecule has 0 N–H and O–H groups in total. The minimum atomic E-state index is 0.0145. The molecule has 0 spiro atoms. The van der Waals surface area contributed by atoms with E-state index in [1.165, 1.54) is 117 Å². The van der Waals surface area contributed by atoms with Gasteiger partial charge in [0.05, 0.1) is 11.4 Å². The first kappa shape index (κ1) is 39.1. The number of thiophene rings is 1. The van der Waals surface area contributed by atoms with Gasteiger partial charge in [-0.2, -0.15) is 0 Å². The molecule has 6 aromatic carbocycles. The SMILES string of the molecule is Cc1ccc(-c2ccccc2)c(N2c3cc(C)cc4c3B(c3cc5c(cc3N4c3ccc(C(C)(C)C)cc3)C(C)(C)CCC5(C)C)c3sc4ccc(C(C)(C)C)cc4c32)c1. The van der Waals surface area contributed by atoms with E-state index in [2.05, 4.69) is 208 Å². The topological polar surface area (TPSA) is 6.48 Å². The molecule has 0 atom stereocenters. The molecule has 1 aromatic heterocycles. The molecule has 3 heterocycles. The van der Waals surface area contributed by atoms with Crippen molar-refractivity contribution in [3.05, 3.63) is 149 Å². The van der Waals surface area contributed by atoms with E-state index in [0.29, 0.717) is 0 Å². The second kappa shape index (κ2) is 13.2. The third kappa shape index (κ3) is 6.03. The van der Waals surface area contributed by atoms with Crippen molar-refractivity contribution >= 4 is 78.0 Å². The summed E-state index contributed by atoms with van der Waals surface area (Å²) in [5.41, 5.74) is 21.5. The molecular formula is C56H59BN2S. The van der Waals surface area contributed by atoms with Gasteiger partial charge in [-0.15, -0.1) is 11.3 Å². The summed E-state index contributed by atoms with van der Waals surface area (Å²) in [6.45, 7) is 28.5. The van der Waals surface area contributed by atoms with E-state index in [4.69, 9.17) is 0 Å². The van der Waals surface area contributed by atoms with E-state index in [1.54, 1.807) is 0 Å². The largest absolute Gasteiger partial charge is 0.311 e. The van der Waals surface area contributed by atoms with Crippen LogP contribution in [0.2, 0.25) is 0 Å². The number of aryl methyl sites for hydroxylation is 2. The van der Waals surface area contributed by atoms with Gasteiger partial charge in [-0.05, 0) is 147 Å². The number of anilines is 6. The fraction of sp³-hybridized carbons (Fsp3) is 0.321. The first-order chi connectivity index (χ1) is 28.3. The molecular weight excluding hydrogens is 744 g/mol. The molecule has 7 aromatic rings. The zero-order valence-electron chi connectivity index (χ0n) is 37.8. The molecule has 10 rings (SSSR count). The lowest BCUT2D eigenvalue weighted by molar-refractivity contribution is 0.332. The van der Waals surface area contributed by atoms with Crippen LogP contribution in [-0.4, -0.2) is 6.71 Å². The summed E-state index contributed by atoms with van der Waals surface area (Å²) in [7, 11) is 0. The van der Waals surface area contributed by atoms with Crippen molar-refractivity contribution < 1.29 is 0 Å². The minimum Gasteiger partial charge on any atom is -0.311 e. The summed E-state index contributed by atoms with van der Waals surface area (Å²) in [6.07, 6.45) is 2.36. The number of hydrogen-bond acceptors (Lipinski definition) is 3. The van der Waals surface area contributed by atoms with Crippen LogP contribution in [-0.2, 0) is 21.7 Å². The molecule has 1 aliphatic carbocycles. The molecule has 0 saturated heterocycles. The number of benzene rings is 6. The zero-order chi connectivity index (χ0) is 42.3. The molecule has 0 saturated carbocycles. The van der Waals surface area contributed by atoms with E-state index in [-0.39, 0.29) is 28.4 Å². The second-order valence-corrected chi connectivity index (χ2v) is 22.6. The quantitative estimate of drug-likeness (QED) is 0.164. The average molecular weight is 803 g/mol. The van der Waals surface area contributed by atoms with Crippen molar-refractivity contribution in [3.63, 3.8) is 0 Å². The normalized spacial score (nSPS) is 16.4. The molecule has 0 radical (unpaired) electrons. The Hall–Kier alpha value is -5.06. The molecule has 0 amide bonds. The zero-order valence-corrected chi connectivity index (χ0v) is 38.6. The number of fused-ring (bicyclic) bond motifs is 7. The Bertz CT molecular complexity index is 2860. The molecule has 3 aliphatic rings. The summed E-state index contributed by atoms with van der Waals surface area (Å²) < 4.78 is 2.78. The number of nitrogens with zero attached hydrogens (tertiary/aromatic N) is 2. The average Bonchev–Trinajstić information content (AvgIpc) is 3.57. The van der Waals surface area contributed by atoms with Gasteiger partial charge >= 0.3 is 0 Å². The predicted molar refractivity (Wildman–Crippen MR) is 263 cm³/mol. The van der Waals surface area contributed by atoms with Gasteiger partial charge in [0.1, 0.15) is 0 Å². The van der Waals surface area contributed by atoms with Crippen LogP contribution < -0.4 is 25.5 Å². The molecule has 2 aliphatic heterocycles. The van der Waals surface area contributed by atoms with Crippen LogP contribution in [0.3, 0.4) is 0 Å². The molecule has 0 unspecified atom stereocenters. The standard InChI is InChI=1S/C56H59BN2S/c1-34-18-24-40(36-16-14-13-15-17-36)45(28-34)59-48-30-35(2)29-47-50(48)57(52-51(59)41-31-38(54(6,7)8)21-25-49(41)60-52)44-32-42-43(56(11,12)27-26-55(42,9)10)33-46(44)58(47)39-22-19-37(20-23-39)53(3,4)5/h13-25,28-33H,26-27H2,1-12H3. The first-order valence-electron chi connectivity index (χ1n) is 22.1. The lowest BCUT2D eigenvalue weighted by Gasteiger charge is -2.47. The number of hydrogen-bond donors (Lipinski definition) is 0. The monoisotopic (exact) mass is 802 g/mol. The lowest BCUT2D eigenvalue weighted by atomic mass is 9.35. The van der Waals surface area contributed by atoms with Crippen molar-refractivity contribution in [3.8, 4) is 11.1 Å². The lowest BCUT2D eigenvalue weighted by Crippen LogP contribution is -2.61. The van der Waals surface area contributed by atoms with Crippen molar-refractivity contribution in [2.45, 2.75) is 118 Å². The molecule has 60 heavy (non-hydrogen) atoms. The Labute approximate surface area is 363 Å². The summed E-state index contributed by atoms with van der Waals surface area (Å²) in [5.74, 6) is 0. The smallest absolute Gasteiger partial charge is 0.264 e. The summed E-state index contributed by atoms with van der Waals surface area (Å²) in [4.78, 5) is 5.31. The van der Waals surface area contributed by atoms with E-state index in [1.807, 2.05) is 11.3 Å². The van der Waals surface area contributed by atoms with Gasteiger partial charge in [0, 0.05) is 43.2 Å². The van der Waals surface area contributed by atoms with Gasteiger partial charge < -0.3 is 9.80 Å². The summed E-state index contributed by atoms with van der Waals surface area (Å²) >= 11 is 2.01. The molecule has 4 heteroatoms. The van der Waals surface area contributed by atoms with Crippen LogP contribution >= 0.6 is 11.3 Å².